The molecular formula is C11H25NO4Si. The third-order valence-corrected chi connectivity index (χ3v) is 4.07. The highest BCUT2D eigenvalue weighted by molar-refractivity contribution is 6.66. The van der Waals surface area contributed by atoms with Gasteiger partial charge in [-0.25, -0.2) is 0 Å². The first kappa shape index (κ1) is 18.7. The Hall–Kier alpha value is -0.693. The standard InChI is InChI=1S/C8H18O3Si.C3H7NO/c1-5-9-12(8-4,10-6-2)11-7-3;1-4(2)3-5/h8H,4-7H2,1-3H3;3H,1-2H3. The number of nitrogens with zero attached hydrogens (tertiary/aromatic N) is 1. The van der Waals surface area contributed by atoms with Gasteiger partial charge in [-0.1, -0.05) is 6.58 Å². The van der Waals surface area contributed by atoms with Gasteiger partial charge in [-0.05, 0) is 26.5 Å². The maximum absolute atomic E-state index is 9.43. The van der Waals surface area contributed by atoms with Gasteiger partial charge in [0.2, 0.25) is 6.41 Å². The van der Waals surface area contributed by atoms with Crippen molar-refractivity contribution in [3.63, 3.8) is 0 Å². The van der Waals surface area contributed by atoms with Crippen molar-refractivity contribution in [1.29, 1.82) is 0 Å². The van der Waals surface area contributed by atoms with Crippen molar-refractivity contribution < 1.29 is 18.1 Å². The molecule has 1 amide bonds. The van der Waals surface area contributed by atoms with Crippen LogP contribution in [-0.4, -0.2) is 54.0 Å². The van der Waals surface area contributed by atoms with Crippen LogP contribution in [-0.2, 0) is 18.1 Å². The van der Waals surface area contributed by atoms with Crippen LogP contribution in [0.2, 0.25) is 0 Å². The normalized spacial score (nSPS) is 10.2. The lowest BCUT2D eigenvalue weighted by atomic mass is 10.9. The Kier molecular flexibility index (Phi) is 12.9. The van der Waals surface area contributed by atoms with E-state index in [4.69, 9.17) is 13.3 Å². The maximum Gasteiger partial charge on any atom is 0.528 e. The molecule has 0 saturated carbocycles. The molecule has 0 aromatic heterocycles. The Morgan fingerprint density at radius 1 is 1.06 bits per heavy atom. The Morgan fingerprint density at radius 2 is 1.35 bits per heavy atom. The summed E-state index contributed by atoms with van der Waals surface area (Å²) in [5, 5.41) is 0. The highest BCUT2D eigenvalue weighted by atomic mass is 28.4. The molecule has 17 heavy (non-hydrogen) atoms. The number of carbonyl (C=O) groups excluding carboxylic acids is 1. The van der Waals surface area contributed by atoms with E-state index < -0.39 is 8.80 Å². The van der Waals surface area contributed by atoms with Gasteiger partial charge in [0.15, 0.2) is 0 Å². The topological polar surface area (TPSA) is 48.0 Å². The molecule has 0 radical (unpaired) electrons. The van der Waals surface area contributed by atoms with E-state index in [0.29, 0.717) is 19.8 Å². The van der Waals surface area contributed by atoms with E-state index >= 15 is 0 Å². The summed E-state index contributed by atoms with van der Waals surface area (Å²) in [4.78, 5) is 10.9. The molecular weight excluding hydrogens is 238 g/mol. The first-order valence-corrected chi connectivity index (χ1v) is 7.49. The summed E-state index contributed by atoms with van der Waals surface area (Å²) in [6.45, 7) is 11.2. The van der Waals surface area contributed by atoms with Crippen LogP contribution in [0, 0.1) is 0 Å². The fourth-order valence-corrected chi connectivity index (χ4v) is 2.72. The molecule has 0 aromatic rings. The van der Waals surface area contributed by atoms with E-state index in [-0.39, 0.29) is 0 Å². The van der Waals surface area contributed by atoms with Gasteiger partial charge in [0.05, 0.1) is 0 Å². The second kappa shape index (κ2) is 11.8. The lowest BCUT2D eigenvalue weighted by molar-refractivity contribution is -0.115. The Labute approximate surface area is 106 Å². The Bertz CT molecular complexity index is 183. The highest BCUT2D eigenvalue weighted by Gasteiger charge is 2.36. The molecule has 0 aliphatic heterocycles. The second-order valence-electron chi connectivity index (χ2n) is 3.18. The van der Waals surface area contributed by atoms with Crippen molar-refractivity contribution in [3.05, 3.63) is 12.3 Å². The minimum absolute atomic E-state index is 0.595. The predicted molar refractivity (Wildman–Crippen MR) is 70.6 cm³/mol. The van der Waals surface area contributed by atoms with Crippen molar-refractivity contribution in [1.82, 2.24) is 4.90 Å². The summed E-state index contributed by atoms with van der Waals surface area (Å²) >= 11 is 0. The number of hydrogen-bond acceptors (Lipinski definition) is 4. The molecule has 0 atom stereocenters. The van der Waals surface area contributed by atoms with Crippen LogP contribution < -0.4 is 0 Å². The van der Waals surface area contributed by atoms with E-state index in [1.54, 1.807) is 19.8 Å². The summed E-state index contributed by atoms with van der Waals surface area (Å²) in [7, 11) is 0.869. The van der Waals surface area contributed by atoms with Crippen molar-refractivity contribution >= 4 is 15.2 Å². The predicted octanol–water partition coefficient (Wildman–Crippen LogP) is 1.46. The van der Waals surface area contributed by atoms with E-state index in [1.165, 1.54) is 4.90 Å². The largest absolute Gasteiger partial charge is 0.528 e. The molecule has 0 unspecified atom stereocenters. The fourth-order valence-electron chi connectivity index (χ4n) is 0.905. The summed E-state index contributed by atoms with van der Waals surface area (Å²) in [5.74, 6) is 0. The van der Waals surface area contributed by atoms with Crippen molar-refractivity contribution in [2.75, 3.05) is 33.9 Å². The molecule has 0 bridgehead atoms. The van der Waals surface area contributed by atoms with Gasteiger partial charge >= 0.3 is 8.80 Å². The lowest BCUT2D eigenvalue weighted by Gasteiger charge is -2.24. The summed E-state index contributed by atoms with van der Waals surface area (Å²) < 4.78 is 16.3. The fraction of sp³-hybridized carbons (Fsp3) is 0.727. The highest BCUT2D eigenvalue weighted by Crippen LogP contribution is 2.10. The number of amides is 1. The van der Waals surface area contributed by atoms with Crippen LogP contribution in [0.3, 0.4) is 0 Å². The van der Waals surface area contributed by atoms with E-state index in [9.17, 15) is 4.79 Å². The molecule has 0 aromatic carbocycles. The Morgan fingerprint density at radius 3 is 1.47 bits per heavy atom. The zero-order chi connectivity index (χ0) is 13.7. The molecule has 0 fully saturated rings. The molecule has 0 rings (SSSR count). The monoisotopic (exact) mass is 263 g/mol. The third kappa shape index (κ3) is 10.2. The van der Waals surface area contributed by atoms with Gasteiger partial charge < -0.3 is 18.2 Å². The summed E-state index contributed by atoms with van der Waals surface area (Å²) in [6, 6.07) is 0. The van der Waals surface area contributed by atoms with Gasteiger partial charge in [-0.2, -0.15) is 0 Å². The molecule has 6 heteroatoms. The Balaban J connectivity index is 0. The zero-order valence-electron chi connectivity index (χ0n) is 11.6. The summed E-state index contributed by atoms with van der Waals surface area (Å²) in [5.41, 5.74) is 1.67. The van der Waals surface area contributed by atoms with Crippen LogP contribution in [0.4, 0.5) is 0 Å². The van der Waals surface area contributed by atoms with Gasteiger partial charge in [0, 0.05) is 33.9 Å². The SMILES string of the molecule is C=C[Si](OCC)(OCC)OCC.CN(C)C=O. The molecule has 0 heterocycles. The molecule has 0 saturated heterocycles. The zero-order valence-corrected chi connectivity index (χ0v) is 12.6. The van der Waals surface area contributed by atoms with E-state index in [0.717, 1.165) is 6.41 Å². The van der Waals surface area contributed by atoms with Gasteiger partial charge in [0.1, 0.15) is 0 Å². The first-order valence-electron chi connectivity index (χ1n) is 5.68. The van der Waals surface area contributed by atoms with E-state index in [1.807, 2.05) is 20.8 Å². The third-order valence-electron chi connectivity index (χ3n) is 1.50. The molecule has 0 spiro atoms. The number of carbonyl (C=O) groups is 1. The van der Waals surface area contributed by atoms with Crippen LogP contribution >= 0.6 is 0 Å². The average molecular weight is 263 g/mol. The number of rotatable bonds is 8. The second-order valence-corrected chi connectivity index (χ2v) is 5.66. The lowest BCUT2D eigenvalue weighted by Crippen LogP contribution is -2.44. The minimum atomic E-state index is -2.51. The van der Waals surface area contributed by atoms with Crippen molar-refractivity contribution in [2.24, 2.45) is 0 Å². The molecule has 0 aliphatic carbocycles. The van der Waals surface area contributed by atoms with Gasteiger partial charge in [-0.15, -0.1) is 0 Å². The van der Waals surface area contributed by atoms with Crippen LogP contribution in [0.5, 0.6) is 0 Å². The first-order chi connectivity index (χ1) is 8.01. The number of hydrogen-bond donors (Lipinski definition) is 0. The van der Waals surface area contributed by atoms with Crippen molar-refractivity contribution in [2.45, 2.75) is 20.8 Å². The quantitative estimate of drug-likeness (QED) is 0.491. The van der Waals surface area contributed by atoms with Gasteiger partial charge in [0.25, 0.3) is 0 Å². The van der Waals surface area contributed by atoms with Crippen LogP contribution in [0.15, 0.2) is 12.3 Å². The van der Waals surface area contributed by atoms with E-state index in [2.05, 4.69) is 6.58 Å². The average Bonchev–Trinajstić information content (AvgIpc) is 2.30. The van der Waals surface area contributed by atoms with Crippen LogP contribution in [0.1, 0.15) is 20.8 Å². The summed E-state index contributed by atoms with van der Waals surface area (Å²) in [6.07, 6.45) is 0.750. The van der Waals surface area contributed by atoms with Crippen LogP contribution in [0.25, 0.3) is 0 Å². The van der Waals surface area contributed by atoms with Gasteiger partial charge in [-0.3, -0.25) is 4.79 Å². The molecule has 5 nitrogen and oxygen atoms in total. The molecule has 0 aliphatic rings. The maximum atomic E-state index is 9.43. The van der Waals surface area contributed by atoms with Crippen molar-refractivity contribution in [3.8, 4) is 0 Å². The molecule has 0 N–H and O–H groups in total. The minimum Gasteiger partial charge on any atom is -0.371 e. The molecule has 102 valence electrons. The smallest absolute Gasteiger partial charge is 0.371 e.